The molecule has 0 spiro atoms. The summed E-state index contributed by atoms with van der Waals surface area (Å²) in [5, 5.41) is 23.1. The maximum atomic E-state index is 13.9. The van der Waals surface area contributed by atoms with Crippen LogP contribution in [0.15, 0.2) is 16.6 Å². The fourth-order valence-corrected chi connectivity index (χ4v) is 2.57. The fraction of sp³-hybridized carbons (Fsp3) is 0.429. The Morgan fingerprint density at radius 2 is 2.00 bits per heavy atom. The highest BCUT2D eigenvalue weighted by Crippen LogP contribution is 2.25. The fourth-order valence-electron chi connectivity index (χ4n) is 2.01. The Morgan fingerprint density at radius 3 is 2.54 bits per heavy atom. The van der Waals surface area contributed by atoms with Crippen LogP contribution in [0.25, 0.3) is 0 Å². The Kier molecular flexibility index (Phi) is 8.15. The van der Waals surface area contributed by atoms with Gasteiger partial charge in [-0.05, 0) is 40.4 Å². The smallest absolute Gasteiger partial charge is 0.426 e. The second-order valence-electron chi connectivity index (χ2n) is 5.62. The molecule has 132 valence electrons. The molecule has 0 aliphatic carbocycles. The van der Waals surface area contributed by atoms with Gasteiger partial charge >= 0.3 is 7.12 Å². The molecule has 0 aliphatic heterocycles. The van der Waals surface area contributed by atoms with Gasteiger partial charge in [-0.15, -0.1) is 0 Å². The van der Waals surface area contributed by atoms with Gasteiger partial charge in [0, 0.05) is 0 Å². The lowest BCUT2D eigenvalue weighted by atomic mass is 9.75. The topological polar surface area (TPSA) is 98.7 Å². The molecule has 6 nitrogen and oxygen atoms in total. The van der Waals surface area contributed by atoms with E-state index in [0.717, 1.165) is 0 Å². The molecular weight excluding hydrogens is 405 g/mol. The van der Waals surface area contributed by atoms with Crippen molar-refractivity contribution >= 4 is 46.5 Å². The van der Waals surface area contributed by atoms with Crippen LogP contribution >= 0.6 is 27.5 Å². The third kappa shape index (κ3) is 6.05. The molecule has 0 saturated carbocycles. The van der Waals surface area contributed by atoms with Crippen LogP contribution in [0.4, 0.5) is 4.39 Å². The van der Waals surface area contributed by atoms with E-state index in [9.17, 15) is 24.0 Å². The first-order valence-corrected chi connectivity index (χ1v) is 8.37. The van der Waals surface area contributed by atoms with Crippen molar-refractivity contribution in [1.29, 1.82) is 0 Å². The van der Waals surface area contributed by atoms with Gasteiger partial charge in [0.05, 0.1) is 27.5 Å². The van der Waals surface area contributed by atoms with Gasteiger partial charge in [-0.25, -0.2) is 4.39 Å². The second kappa shape index (κ2) is 9.36. The molecule has 1 rings (SSSR count). The van der Waals surface area contributed by atoms with Gasteiger partial charge in [-0.1, -0.05) is 25.4 Å². The van der Waals surface area contributed by atoms with Crippen molar-refractivity contribution < 1.29 is 24.0 Å². The molecule has 0 radical (unpaired) electrons. The number of hydrogen-bond donors (Lipinski definition) is 4. The summed E-state index contributed by atoms with van der Waals surface area (Å²) in [6.45, 7) is 3.27. The second-order valence-corrected chi connectivity index (χ2v) is 6.88. The van der Waals surface area contributed by atoms with Crippen LogP contribution in [0.3, 0.4) is 0 Å². The number of carbonyl (C=O) groups is 2. The number of carbonyl (C=O) groups excluding carboxylic acids is 2. The molecule has 0 bridgehead atoms. The largest absolute Gasteiger partial charge is 0.475 e. The van der Waals surface area contributed by atoms with Gasteiger partial charge in [0.25, 0.3) is 5.91 Å². The Bertz CT molecular complexity index is 619. The highest BCUT2D eigenvalue weighted by atomic mass is 79.9. The molecule has 0 aromatic heterocycles. The van der Waals surface area contributed by atoms with Gasteiger partial charge in [-0.3, -0.25) is 9.59 Å². The standard InChI is InChI=1S/C14H18BBrClFN2O4/c1-7(2)5-10(15(23)24)20-11(21)6-19-14(22)12-9(17)4-3-8(16)13(12)18/h3-4,7,10,23-24H,5-6H2,1-2H3,(H,19,22)(H,20,21)/t10-/m0/s1. The van der Waals surface area contributed by atoms with Gasteiger partial charge in [0.15, 0.2) is 5.82 Å². The molecule has 24 heavy (non-hydrogen) atoms. The van der Waals surface area contributed by atoms with E-state index in [2.05, 4.69) is 26.6 Å². The summed E-state index contributed by atoms with van der Waals surface area (Å²) in [7, 11) is -1.72. The van der Waals surface area contributed by atoms with E-state index in [4.69, 9.17) is 11.6 Å². The minimum absolute atomic E-state index is 0.0712. The van der Waals surface area contributed by atoms with Crippen LogP contribution in [0, 0.1) is 11.7 Å². The van der Waals surface area contributed by atoms with E-state index < -0.39 is 37.2 Å². The van der Waals surface area contributed by atoms with Gasteiger partial charge < -0.3 is 20.7 Å². The lowest BCUT2D eigenvalue weighted by molar-refractivity contribution is -0.120. The van der Waals surface area contributed by atoms with Gasteiger partial charge in [-0.2, -0.15) is 0 Å². The van der Waals surface area contributed by atoms with E-state index in [0.29, 0.717) is 6.42 Å². The molecule has 2 amide bonds. The maximum absolute atomic E-state index is 13.9. The van der Waals surface area contributed by atoms with Crippen molar-refractivity contribution in [1.82, 2.24) is 10.6 Å². The van der Waals surface area contributed by atoms with Crippen molar-refractivity contribution in [2.45, 2.75) is 26.2 Å². The lowest BCUT2D eigenvalue weighted by Crippen LogP contribution is -2.50. The zero-order valence-electron chi connectivity index (χ0n) is 13.1. The number of rotatable bonds is 7. The van der Waals surface area contributed by atoms with E-state index in [1.165, 1.54) is 12.1 Å². The Balaban J connectivity index is 2.67. The molecule has 1 aromatic rings. The van der Waals surface area contributed by atoms with Crippen LogP contribution in [0.1, 0.15) is 30.6 Å². The Hall–Kier alpha value is -1.16. The third-order valence-corrected chi connectivity index (χ3v) is 4.04. The number of amides is 2. The average Bonchev–Trinajstić information content (AvgIpc) is 2.48. The van der Waals surface area contributed by atoms with E-state index >= 15 is 0 Å². The quantitative estimate of drug-likeness (QED) is 0.395. The molecule has 0 heterocycles. The van der Waals surface area contributed by atoms with Crippen molar-refractivity contribution in [3.05, 3.63) is 33.0 Å². The van der Waals surface area contributed by atoms with E-state index in [1.54, 1.807) is 0 Å². The van der Waals surface area contributed by atoms with Gasteiger partial charge in [0.2, 0.25) is 5.91 Å². The predicted molar refractivity (Wildman–Crippen MR) is 93.0 cm³/mol. The van der Waals surface area contributed by atoms with Crippen LogP contribution < -0.4 is 10.6 Å². The van der Waals surface area contributed by atoms with E-state index in [1.807, 2.05) is 13.8 Å². The summed E-state index contributed by atoms with van der Waals surface area (Å²) in [5.41, 5.74) is -0.375. The van der Waals surface area contributed by atoms with Gasteiger partial charge in [0.1, 0.15) is 0 Å². The Labute approximate surface area is 153 Å². The molecule has 0 fully saturated rings. The first-order valence-electron chi connectivity index (χ1n) is 7.20. The molecule has 0 saturated heterocycles. The molecule has 0 aliphatic rings. The molecule has 4 N–H and O–H groups in total. The third-order valence-electron chi connectivity index (χ3n) is 3.11. The lowest BCUT2D eigenvalue weighted by Gasteiger charge is -2.19. The monoisotopic (exact) mass is 422 g/mol. The normalized spacial score (nSPS) is 12.0. The van der Waals surface area contributed by atoms with Crippen LogP contribution in [0.5, 0.6) is 0 Å². The van der Waals surface area contributed by atoms with Crippen molar-refractivity contribution in [2.75, 3.05) is 6.54 Å². The van der Waals surface area contributed by atoms with Crippen molar-refractivity contribution in [3.63, 3.8) is 0 Å². The zero-order valence-corrected chi connectivity index (χ0v) is 15.5. The van der Waals surface area contributed by atoms with Crippen molar-refractivity contribution in [2.24, 2.45) is 5.92 Å². The number of halogens is 3. The number of benzene rings is 1. The Morgan fingerprint density at radius 1 is 1.38 bits per heavy atom. The molecule has 1 aromatic carbocycles. The summed E-state index contributed by atoms with van der Waals surface area (Å²) < 4.78 is 14.0. The highest BCUT2D eigenvalue weighted by molar-refractivity contribution is 9.10. The first kappa shape index (κ1) is 20.9. The summed E-state index contributed by atoms with van der Waals surface area (Å²) >= 11 is 8.76. The number of hydrogen-bond acceptors (Lipinski definition) is 4. The first-order chi connectivity index (χ1) is 11.1. The molecule has 1 atom stereocenters. The predicted octanol–water partition coefficient (Wildman–Crippen LogP) is 1.51. The minimum Gasteiger partial charge on any atom is -0.426 e. The molecule has 0 unspecified atom stereocenters. The van der Waals surface area contributed by atoms with Crippen LogP contribution in [-0.2, 0) is 4.79 Å². The van der Waals surface area contributed by atoms with Crippen LogP contribution in [0.2, 0.25) is 5.02 Å². The maximum Gasteiger partial charge on any atom is 0.475 e. The average molecular weight is 423 g/mol. The van der Waals surface area contributed by atoms with Crippen LogP contribution in [-0.4, -0.2) is 41.5 Å². The van der Waals surface area contributed by atoms with E-state index in [-0.39, 0.29) is 21.0 Å². The SMILES string of the molecule is CC(C)C[C@H](NC(=O)CNC(=O)c1c(Cl)ccc(Br)c1F)B(O)O. The summed E-state index contributed by atoms with van der Waals surface area (Å²) in [6.07, 6.45) is 0.351. The zero-order chi connectivity index (χ0) is 18.4. The highest BCUT2D eigenvalue weighted by Gasteiger charge is 2.26. The molecule has 10 heteroatoms. The summed E-state index contributed by atoms with van der Waals surface area (Å²) in [6, 6.07) is 2.71. The number of nitrogens with one attached hydrogen (secondary N) is 2. The summed E-state index contributed by atoms with van der Waals surface area (Å²) in [5.74, 6) is -3.04. The minimum atomic E-state index is -1.72. The summed E-state index contributed by atoms with van der Waals surface area (Å²) in [4.78, 5) is 23.8. The van der Waals surface area contributed by atoms with Crippen molar-refractivity contribution in [3.8, 4) is 0 Å². The molecular formula is C14H18BBrClFN2O4.